The van der Waals surface area contributed by atoms with E-state index >= 15 is 0 Å². The van der Waals surface area contributed by atoms with Gasteiger partial charge in [0.25, 0.3) is 0 Å². The molecule has 0 bridgehead atoms. The lowest BCUT2D eigenvalue weighted by Crippen LogP contribution is -1.70. The molecule has 0 amide bonds. The van der Waals surface area contributed by atoms with E-state index in [-0.39, 0.29) is 5.89 Å². The van der Waals surface area contributed by atoms with Crippen molar-refractivity contribution in [3.8, 4) is 6.07 Å². The standard InChI is InChI=1S/C7H3N3O/c8-3-7-10-5-4-9-2-1-6(5)11-7/h1-2,4H. The van der Waals surface area contributed by atoms with Gasteiger partial charge in [-0.05, 0) is 0 Å². The fourth-order valence-corrected chi connectivity index (χ4v) is 0.828. The Bertz CT molecular complexity index is 393. The SMILES string of the molecule is N#Cc1nc2cnccc2o1. The third-order valence-corrected chi connectivity index (χ3v) is 1.29. The summed E-state index contributed by atoms with van der Waals surface area (Å²) >= 11 is 0. The normalized spacial score (nSPS) is 9.73. The highest BCUT2D eigenvalue weighted by Gasteiger charge is 2.01. The minimum Gasteiger partial charge on any atom is -0.428 e. The van der Waals surface area contributed by atoms with Gasteiger partial charge in [0.1, 0.15) is 5.52 Å². The molecular formula is C7H3N3O. The van der Waals surface area contributed by atoms with Crippen LogP contribution in [0.2, 0.25) is 0 Å². The van der Waals surface area contributed by atoms with Crippen LogP contribution in [0.5, 0.6) is 0 Å². The first-order chi connectivity index (χ1) is 5.40. The summed E-state index contributed by atoms with van der Waals surface area (Å²) in [6.07, 6.45) is 3.15. The molecule has 0 saturated carbocycles. The van der Waals surface area contributed by atoms with Gasteiger partial charge in [-0.25, -0.2) is 0 Å². The van der Waals surface area contributed by atoms with Gasteiger partial charge in [-0.1, -0.05) is 0 Å². The van der Waals surface area contributed by atoms with Gasteiger partial charge in [0.05, 0.1) is 6.20 Å². The maximum Gasteiger partial charge on any atom is 0.301 e. The van der Waals surface area contributed by atoms with Crippen LogP contribution in [0.15, 0.2) is 22.9 Å². The minimum absolute atomic E-state index is 0.0769. The lowest BCUT2D eigenvalue weighted by atomic mass is 10.4. The molecule has 52 valence electrons. The second kappa shape index (κ2) is 2.06. The lowest BCUT2D eigenvalue weighted by Gasteiger charge is -1.78. The number of oxazole rings is 1. The molecule has 2 heterocycles. The molecule has 4 heteroatoms. The van der Waals surface area contributed by atoms with E-state index in [1.807, 2.05) is 6.07 Å². The van der Waals surface area contributed by atoms with Gasteiger partial charge in [-0.15, -0.1) is 0 Å². The summed E-state index contributed by atoms with van der Waals surface area (Å²) in [5, 5.41) is 8.41. The van der Waals surface area contributed by atoms with E-state index in [1.165, 1.54) is 0 Å². The van der Waals surface area contributed by atoms with Crippen LogP contribution in [-0.4, -0.2) is 9.97 Å². The van der Waals surface area contributed by atoms with Crippen molar-refractivity contribution in [1.29, 1.82) is 5.26 Å². The second-order valence-corrected chi connectivity index (χ2v) is 1.97. The van der Waals surface area contributed by atoms with Crippen LogP contribution in [0.3, 0.4) is 0 Å². The smallest absolute Gasteiger partial charge is 0.301 e. The minimum atomic E-state index is 0.0769. The number of pyridine rings is 1. The van der Waals surface area contributed by atoms with Crippen molar-refractivity contribution in [1.82, 2.24) is 9.97 Å². The Morgan fingerprint density at radius 3 is 3.18 bits per heavy atom. The number of nitriles is 1. The summed E-state index contributed by atoms with van der Waals surface area (Å²) in [4.78, 5) is 7.67. The zero-order valence-electron chi connectivity index (χ0n) is 5.48. The molecule has 11 heavy (non-hydrogen) atoms. The Morgan fingerprint density at radius 1 is 1.55 bits per heavy atom. The van der Waals surface area contributed by atoms with E-state index in [0.29, 0.717) is 11.1 Å². The zero-order valence-corrected chi connectivity index (χ0v) is 5.48. The zero-order chi connectivity index (χ0) is 7.68. The summed E-state index contributed by atoms with van der Waals surface area (Å²) in [5.41, 5.74) is 1.21. The van der Waals surface area contributed by atoms with Crippen LogP contribution in [0.4, 0.5) is 0 Å². The summed E-state index contributed by atoms with van der Waals surface area (Å²) in [5.74, 6) is 0.0769. The van der Waals surface area contributed by atoms with Crippen LogP contribution >= 0.6 is 0 Å². The predicted octanol–water partition coefficient (Wildman–Crippen LogP) is 1.09. The molecule has 0 unspecified atom stereocenters. The molecule has 0 atom stereocenters. The van der Waals surface area contributed by atoms with Crippen molar-refractivity contribution in [2.24, 2.45) is 0 Å². The van der Waals surface area contributed by atoms with E-state index < -0.39 is 0 Å². The number of hydrogen-bond acceptors (Lipinski definition) is 4. The van der Waals surface area contributed by atoms with E-state index in [4.69, 9.17) is 9.68 Å². The maximum atomic E-state index is 8.41. The first kappa shape index (κ1) is 5.86. The van der Waals surface area contributed by atoms with Crippen molar-refractivity contribution in [3.05, 3.63) is 24.4 Å². The highest BCUT2D eigenvalue weighted by molar-refractivity contribution is 5.71. The molecule has 0 aliphatic heterocycles. The van der Waals surface area contributed by atoms with Gasteiger partial charge >= 0.3 is 5.89 Å². The molecule has 0 spiro atoms. The Labute approximate surface area is 62.1 Å². The Kier molecular flexibility index (Phi) is 1.10. The summed E-state index contributed by atoms with van der Waals surface area (Å²) < 4.78 is 5.00. The summed E-state index contributed by atoms with van der Waals surface area (Å²) in [7, 11) is 0. The van der Waals surface area contributed by atoms with Gasteiger partial charge in [0.2, 0.25) is 0 Å². The fraction of sp³-hybridized carbons (Fsp3) is 0. The molecule has 0 saturated heterocycles. The highest BCUT2D eigenvalue weighted by atomic mass is 16.3. The predicted molar refractivity (Wildman–Crippen MR) is 36.5 cm³/mol. The largest absolute Gasteiger partial charge is 0.428 e. The number of nitrogens with zero attached hydrogens (tertiary/aromatic N) is 3. The maximum absolute atomic E-state index is 8.41. The van der Waals surface area contributed by atoms with Crippen LogP contribution in [-0.2, 0) is 0 Å². The molecule has 0 N–H and O–H groups in total. The van der Waals surface area contributed by atoms with E-state index in [9.17, 15) is 0 Å². The van der Waals surface area contributed by atoms with Crippen LogP contribution in [0.1, 0.15) is 5.89 Å². The molecular weight excluding hydrogens is 142 g/mol. The van der Waals surface area contributed by atoms with Crippen molar-refractivity contribution in [3.63, 3.8) is 0 Å². The molecule has 0 aliphatic rings. The summed E-state index contributed by atoms with van der Waals surface area (Å²) in [6.45, 7) is 0. The molecule has 0 aliphatic carbocycles. The van der Waals surface area contributed by atoms with Gasteiger partial charge in [0.15, 0.2) is 11.7 Å². The van der Waals surface area contributed by atoms with Crippen LogP contribution in [0.25, 0.3) is 11.1 Å². The summed E-state index contributed by atoms with van der Waals surface area (Å²) in [6, 6.07) is 3.48. The number of fused-ring (bicyclic) bond motifs is 1. The first-order valence-electron chi connectivity index (χ1n) is 3.01. The van der Waals surface area contributed by atoms with Crippen molar-refractivity contribution >= 4 is 11.1 Å². The third kappa shape index (κ3) is 0.829. The second-order valence-electron chi connectivity index (χ2n) is 1.97. The average Bonchev–Trinajstić information content (AvgIpc) is 2.46. The molecule has 0 radical (unpaired) electrons. The van der Waals surface area contributed by atoms with Gasteiger partial charge in [-0.2, -0.15) is 10.2 Å². The van der Waals surface area contributed by atoms with Crippen molar-refractivity contribution in [2.75, 3.05) is 0 Å². The van der Waals surface area contributed by atoms with Crippen LogP contribution < -0.4 is 0 Å². The van der Waals surface area contributed by atoms with Gasteiger partial charge < -0.3 is 4.42 Å². The highest BCUT2D eigenvalue weighted by Crippen LogP contribution is 2.11. The van der Waals surface area contributed by atoms with Crippen LogP contribution in [0, 0.1) is 11.3 Å². The fourth-order valence-electron chi connectivity index (χ4n) is 0.828. The molecule has 2 aromatic heterocycles. The Balaban J connectivity index is 2.81. The van der Waals surface area contributed by atoms with Crippen molar-refractivity contribution < 1.29 is 4.42 Å². The van der Waals surface area contributed by atoms with E-state index in [2.05, 4.69) is 9.97 Å². The van der Waals surface area contributed by atoms with E-state index in [0.717, 1.165) is 0 Å². The van der Waals surface area contributed by atoms with Gasteiger partial charge in [-0.3, -0.25) is 4.98 Å². The number of hydrogen-bond donors (Lipinski definition) is 0. The Morgan fingerprint density at radius 2 is 2.45 bits per heavy atom. The van der Waals surface area contributed by atoms with E-state index in [1.54, 1.807) is 18.5 Å². The third-order valence-electron chi connectivity index (χ3n) is 1.29. The molecule has 4 nitrogen and oxygen atoms in total. The topological polar surface area (TPSA) is 62.7 Å². The number of aromatic nitrogens is 2. The molecule has 2 aromatic rings. The monoisotopic (exact) mass is 145 g/mol. The first-order valence-corrected chi connectivity index (χ1v) is 3.01. The lowest BCUT2D eigenvalue weighted by molar-refractivity contribution is 0.584. The quantitative estimate of drug-likeness (QED) is 0.556. The Hall–Kier alpha value is -1.89. The van der Waals surface area contributed by atoms with Crippen molar-refractivity contribution in [2.45, 2.75) is 0 Å². The molecule has 0 fully saturated rings. The molecule has 0 aromatic carbocycles. The average molecular weight is 145 g/mol. The number of rotatable bonds is 0. The van der Waals surface area contributed by atoms with Gasteiger partial charge in [0, 0.05) is 12.3 Å². The molecule has 2 rings (SSSR count).